The number of aryl methyl sites for hydroxylation is 1. The minimum atomic E-state index is -0.846. The van der Waals surface area contributed by atoms with Gasteiger partial charge in [-0.05, 0) is 24.6 Å². The molecule has 0 fully saturated rings. The summed E-state index contributed by atoms with van der Waals surface area (Å²) in [6.45, 7) is 1.58. The van der Waals surface area contributed by atoms with Crippen molar-refractivity contribution in [3.63, 3.8) is 0 Å². The van der Waals surface area contributed by atoms with Crippen LogP contribution in [0.3, 0.4) is 0 Å². The maximum atomic E-state index is 13.2. The molecule has 0 aliphatic heterocycles. The Bertz CT molecular complexity index is 379. The van der Waals surface area contributed by atoms with Crippen molar-refractivity contribution in [3.8, 4) is 5.75 Å². The third kappa shape index (κ3) is 2.66. The second kappa shape index (κ2) is 4.75. The van der Waals surface area contributed by atoms with Gasteiger partial charge in [0.15, 0.2) is 0 Å². The van der Waals surface area contributed by atoms with Crippen molar-refractivity contribution in [2.45, 2.75) is 6.92 Å². The zero-order chi connectivity index (χ0) is 11.4. The highest BCUT2D eigenvalue weighted by molar-refractivity contribution is 5.93. The summed E-state index contributed by atoms with van der Waals surface area (Å²) in [7, 11) is 0. The zero-order valence-corrected chi connectivity index (χ0v) is 8.29. The van der Waals surface area contributed by atoms with Crippen LogP contribution in [0.5, 0.6) is 5.75 Å². The van der Waals surface area contributed by atoms with E-state index in [-0.39, 0.29) is 18.8 Å². The standard InChI is InChI=1S/C10H12FNO3/c1-6-4-8(11)7(10(12)14)5-9(6)15-3-2-13/h4-5,13H,2-3H2,1H3,(H2,12,14). The second-order valence-electron chi connectivity index (χ2n) is 3.03. The average molecular weight is 213 g/mol. The van der Waals surface area contributed by atoms with Crippen LogP contribution in [0.25, 0.3) is 0 Å². The lowest BCUT2D eigenvalue weighted by Gasteiger charge is -2.09. The Kier molecular flexibility index (Phi) is 3.62. The van der Waals surface area contributed by atoms with Crippen LogP contribution in [0, 0.1) is 12.7 Å². The Hall–Kier alpha value is -1.62. The molecule has 0 bridgehead atoms. The third-order valence-corrected chi connectivity index (χ3v) is 1.88. The predicted molar refractivity (Wildman–Crippen MR) is 52.2 cm³/mol. The molecule has 0 saturated carbocycles. The Balaban J connectivity index is 3.06. The molecule has 0 spiro atoms. The van der Waals surface area contributed by atoms with E-state index < -0.39 is 11.7 Å². The molecule has 0 aliphatic carbocycles. The van der Waals surface area contributed by atoms with E-state index in [0.29, 0.717) is 11.3 Å². The van der Waals surface area contributed by atoms with E-state index in [1.54, 1.807) is 6.92 Å². The molecule has 0 aromatic heterocycles. The lowest BCUT2D eigenvalue weighted by Crippen LogP contribution is -2.14. The molecule has 0 aliphatic rings. The molecule has 82 valence electrons. The van der Waals surface area contributed by atoms with Gasteiger partial charge in [0.25, 0.3) is 5.91 Å². The smallest absolute Gasteiger partial charge is 0.251 e. The van der Waals surface area contributed by atoms with Gasteiger partial charge in [-0.1, -0.05) is 0 Å². The van der Waals surface area contributed by atoms with E-state index in [4.69, 9.17) is 15.6 Å². The molecule has 0 heterocycles. The van der Waals surface area contributed by atoms with Gasteiger partial charge < -0.3 is 15.6 Å². The Morgan fingerprint density at radius 1 is 1.60 bits per heavy atom. The number of carbonyl (C=O) groups is 1. The molecule has 3 N–H and O–H groups in total. The molecule has 0 unspecified atom stereocenters. The lowest BCUT2D eigenvalue weighted by molar-refractivity contribution is 0.0996. The number of amides is 1. The van der Waals surface area contributed by atoms with Gasteiger partial charge in [-0.15, -0.1) is 0 Å². The van der Waals surface area contributed by atoms with Crippen LogP contribution in [0.1, 0.15) is 15.9 Å². The average Bonchev–Trinajstić information content (AvgIpc) is 2.16. The van der Waals surface area contributed by atoms with E-state index in [0.717, 1.165) is 0 Å². The lowest BCUT2D eigenvalue weighted by atomic mass is 10.1. The summed E-state index contributed by atoms with van der Waals surface area (Å²) in [5.74, 6) is -1.17. The number of hydrogen-bond acceptors (Lipinski definition) is 3. The van der Waals surface area contributed by atoms with Gasteiger partial charge in [0.1, 0.15) is 18.2 Å². The Morgan fingerprint density at radius 3 is 2.80 bits per heavy atom. The molecule has 15 heavy (non-hydrogen) atoms. The molecule has 0 saturated heterocycles. The summed E-state index contributed by atoms with van der Waals surface area (Å²) in [4.78, 5) is 10.8. The van der Waals surface area contributed by atoms with Gasteiger partial charge in [0.2, 0.25) is 0 Å². The number of hydrogen-bond donors (Lipinski definition) is 2. The molecule has 5 heteroatoms. The molecular weight excluding hydrogens is 201 g/mol. The van der Waals surface area contributed by atoms with Gasteiger partial charge in [-0.3, -0.25) is 4.79 Å². The Labute approximate surface area is 86.5 Å². The van der Waals surface area contributed by atoms with Crippen molar-refractivity contribution < 1.29 is 19.0 Å². The normalized spacial score (nSPS) is 10.1. The molecule has 1 aromatic carbocycles. The fraction of sp³-hybridized carbons (Fsp3) is 0.300. The first kappa shape index (κ1) is 11.5. The summed E-state index contributed by atoms with van der Waals surface area (Å²) in [6.07, 6.45) is 0. The molecular formula is C10H12FNO3. The summed E-state index contributed by atoms with van der Waals surface area (Å²) in [5, 5.41) is 8.56. The van der Waals surface area contributed by atoms with Crippen LogP contribution in [0.2, 0.25) is 0 Å². The summed E-state index contributed by atoms with van der Waals surface area (Å²) < 4.78 is 18.3. The molecule has 0 atom stereocenters. The summed E-state index contributed by atoms with van der Waals surface area (Å²) >= 11 is 0. The number of carbonyl (C=O) groups excluding carboxylic acids is 1. The number of rotatable bonds is 4. The molecule has 1 amide bonds. The van der Waals surface area contributed by atoms with E-state index in [2.05, 4.69) is 0 Å². The third-order valence-electron chi connectivity index (χ3n) is 1.88. The zero-order valence-electron chi connectivity index (χ0n) is 8.29. The number of primary amides is 1. The van der Waals surface area contributed by atoms with Crippen LogP contribution < -0.4 is 10.5 Å². The van der Waals surface area contributed by atoms with Crippen LogP contribution in [0.4, 0.5) is 4.39 Å². The minimum absolute atomic E-state index is 0.0880. The van der Waals surface area contributed by atoms with Gasteiger partial charge in [0, 0.05) is 0 Å². The van der Waals surface area contributed by atoms with Gasteiger partial charge in [-0.25, -0.2) is 4.39 Å². The van der Waals surface area contributed by atoms with E-state index in [1.807, 2.05) is 0 Å². The van der Waals surface area contributed by atoms with Gasteiger partial charge in [0.05, 0.1) is 12.2 Å². The van der Waals surface area contributed by atoms with Gasteiger partial charge in [-0.2, -0.15) is 0 Å². The van der Waals surface area contributed by atoms with Crippen LogP contribution in [-0.4, -0.2) is 24.2 Å². The monoisotopic (exact) mass is 213 g/mol. The first-order valence-electron chi connectivity index (χ1n) is 4.40. The highest BCUT2D eigenvalue weighted by Gasteiger charge is 2.12. The van der Waals surface area contributed by atoms with E-state index in [1.165, 1.54) is 12.1 Å². The fourth-order valence-electron chi connectivity index (χ4n) is 1.15. The number of nitrogens with two attached hydrogens (primary N) is 1. The molecule has 4 nitrogen and oxygen atoms in total. The number of aliphatic hydroxyl groups is 1. The number of benzene rings is 1. The highest BCUT2D eigenvalue weighted by Crippen LogP contribution is 2.22. The largest absolute Gasteiger partial charge is 0.491 e. The highest BCUT2D eigenvalue weighted by atomic mass is 19.1. The number of ether oxygens (including phenoxy) is 1. The van der Waals surface area contributed by atoms with Crippen molar-refractivity contribution in [1.82, 2.24) is 0 Å². The quantitative estimate of drug-likeness (QED) is 0.769. The van der Waals surface area contributed by atoms with E-state index in [9.17, 15) is 9.18 Å². The van der Waals surface area contributed by atoms with Crippen molar-refractivity contribution in [1.29, 1.82) is 0 Å². The second-order valence-corrected chi connectivity index (χ2v) is 3.03. The minimum Gasteiger partial charge on any atom is -0.491 e. The molecule has 0 radical (unpaired) electrons. The topological polar surface area (TPSA) is 72.6 Å². The van der Waals surface area contributed by atoms with Crippen LogP contribution in [-0.2, 0) is 0 Å². The Morgan fingerprint density at radius 2 is 2.27 bits per heavy atom. The van der Waals surface area contributed by atoms with Crippen molar-refractivity contribution in [3.05, 3.63) is 29.1 Å². The van der Waals surface area contributed by atoms with Crippen LogP contribution in [0.15, 0.2) is 12.1 Å². The predicted octanol–water partition coefficient (Wildman–Crippen LogP) is 0.604. The van der Waals surface area contributed by atoms with E-state index >= 15 is 0 Å². The summed E-state index contributed by atoms with van der Waals surface area (Å²) in [6, 6.07) is 2.41. The molecule has 1 aromatic rings. The first-order valence-corrected chi connectivity index (χ1v) is 4.40. The first-order chi connectivity index (χ1) is 7.06. The summed E-state index contributed by atoms with van der Waals surface area (Å²) in [5.41, 5.74) is 5.31. The number of halogens is 1. The fourth-order valence-corrected chi connectivity index (χ4v) is 1.15. The van der Waals surface area contributed by atoms with Crippen molar-refractivity contribution in [2.24, 2.45) is 5.73 Å². The van der Waals surface area contributed by atoms with Crippen molar-refractivity contribution >= 4 is 5.91 Å². The maximum absolute atomic E-state index is 13.2. The molecule has 1 rings (SSSR count). The maximum Gasteiger partial charge on any atom is 0.251 e. The number of aliphatic hydroxyl groups excluding tert-OH is 1. The SMILES string of the molecule is Cc1cc(F)c(C(N)=O)cc1OCCO. The van der Waals surface area contributed by atoms with Gasteiger partial charge >= 0.3 is 0 Å². The van der Waals surface area contributed by atoms with Crippen LogP contribution >= 0.6 is 0 Å². The van der Waals surface area contributed by atoms with Crippen molar-refractivity contribution in [2.75, 3.05) is 13.2 Å².